The predicted octanol–water partition coefficient (Wildman–Crippen LogP) is 5.33. The highest BCUT2D eigenvalue weighted by Gasteiger charge is 2.20. The highest BCUT2D eigenvalue weighted by atomic mass is 35.5. The number of carbonyl (C=O) groups excluding carboxylic acids is 1. The number of hydrogen-bond acceptors (Lipinski definition) is 1. The van der Waals surface area contributed by atoms with Crippen LogP contribution in [-0.2, 0) is 0 Å². The number of hydrogen-bond donors (Lipinski definition) is 0. The van der Waals surface area contributed by atoms with Crippen LogP contribution in [0.4, 0.5) is 4.39 Å². The van der Waals surface area contributed by atoms with E-state index < -0.39 is 11.6 Å². The molecule has 2 aromatic carbocycles. The molecule has 0 aliphatic heterocycles. The fourth-order valence-corrected chi connectivity index (χ4v) is 2.70. The summed E-state index contributed by atoms with van der Waals surface area (Å²) in [4.78, 5) is 12.3. The minimum absolute atomic E-state index is 0.0530. The molecular formula is C14H8Cl3FO. The first kappa shape index (κ1) is 14.3. The molecule has 0 bridgehead atoms. The van der Waals surface area contributed by atoms with Gasteiger partial charge in [-0.25, -0.2) is 4.39 Å². The predicted molar refractivity (Wildman–Crippen MR) is 76.0 cm³/mol. The van der Waals surface area contributed by atoms with Crippen LogP contribution in [0.25, 0.3) is 0 Å². The maximum atomic E-state index is 13.7. The topological polar surface area (TPSA) is 17.1 Å². The minimum atomic E-state index is -0.613. The van der Waals surface area contributed by atoms with E-state index in [4.69, 9.17) is 34.8 Å². The molecule has 19 heavy (non-hydrogen) atoms. The van der Waals surface area contributed by atoms with E-state index in [0.29, 0.717) is 5.02 Å². The highest BCUT2D eigenvalue weighted by Crippen LogP contribution is 2.31. The lowest BCUT2D eigenvalue weighted by Gasteiger charge is -2.08. The van der Waals surface area contributed by atoms with Crippen LogP contribution in [0.5, 0.6) is 0 Å². The molecule has 0 saturated heterocycles. The summed E-state index contributed by atoms with van der Waals surface area (Å²) in [6.45, 7) is 1.77. The molecule has 0 aromatic heterocycles. The van der Waals surface area contributed by atoms with Crippen molar-refractivity contribution >= 4 is 40.6 Å². The molecule has 98 valence electrons. The van der Waals surface area contributed by atoms with Crippen molar-refractivity contribution in [2.24, 2.45) is 0 Å². The molecular weight excluding hydrogens is 310 g/mol. The molecule has 0 radical (unpaired) electrons. The van der Waals surface area contributed by atoms with Crippen molar-refractivity contribution in [2.45, 2.75) is 6.92 Å². The van der Waals surface area contributed by atoms with Gasteiger partial charge in [0.15, 0.2) is 5.78 Å². The third kappa shape index (κ3) is 2.92. The Labute approximate surface area is 124 Å². The maximum absolute atomic E-state index is 13.7. The van der Waals surface area contributed by atoms with Crippen molar-refractivity contribution < 1.29 is 9.18 Å². The number of halogens is 4. The summed E-state index contributed by atoms with van der Waals surface area (Å²) in [7, 11) is 0. The quantitative estimate of drug-likeness (QED) is 0.685. The normalized spacial score (nSPS) is 10.6. The fraction of sp³-hybridized carbons (Fsp3) is 0.0714. The number of aryl methyl sites for hydroxylation is 1. The third-order valence-electron chi connectivity index (χ3n) is 2.60. The molecule has 0 spiro atoms. The lowest BCUT2D eigenvalue weighted by Crippen LogP contribution is -2.06. The zero-order valence-electron chi connectivity index (χ0n) is 9.81. The Morgan fingerprint density at radius 1 is 1.05 bits per heavy atom. The van der Waals surface area contributed by atoms with E-state index in [1.807, 2.05) is 0 Å². The van der Waals surface area contributed by atoms with E-state index in [0.717, 1.165) is 5.56 Å². The Morgan fingerprint density at radius 3 is 2.21 bits per heavy atom. The first-order valence-electron chi connectivity index (χ1n) is 5.35. The molecule has 5 heteroatoms. The van der Waals surface area contributed by atoms with Crippen LogP contribution in [0.2, 0.25) is 15.1 Å². The smallest absolute Gasteiger partial charge is 0.198 e. The molecule has 0 unspecified atom stereocenters. The van der Waals surface area contributed by atoms with E-state index in [-0.39, 0.29) is 21.2 Å². The van der Waals surface area contributed by atoms with E-state index in [9.17, 15) is 9.18 Å². The lowest BCUT2D eigenvalue weighted by atomic mass is 10.0. The highest BCUT2D eigenvalue weighted by molar-refractivity contribution is 6.43. The van der Waals surface area contributed by atoms with Gasteiger partial charge in [-0.05, 0) is 31.2 Å². The third-order valence-corrected chi connectivity index (χ3v) is 3.41. The van der Waals surface area contributed by atoms with Gasteiger partial charge < -0.3 is 0 Å². The van der Waals surface area contributed by atoms with Gasteiger partial charge in [-0.15, -0.1) is 0 Å². The van der Waals surface area contributed by atoms with Crippen LogP contribution < -0.4 is 0 Å². The van der Waals surface area contributed by atoms with Gasteiger partial charge in [0.25, 0.3) is 0 Å². The monoisotopic (exact) mass is 316 g/mol. The minimum Gasteiger partial charge on any atom is -0.288 e. The molecule has 0 fully saturated rings. The molecule has 0 aliphatic carbocycles. The fourth-order valence-electron chi connectivity index (χ4n) is 1.71. The van der Waals surface area contributed by atoms with Gasteiger partial charge in [-0.3, -0.25) is 4.79 Å². The Morgan fingerprint density at radius 2 is 1.63 bits per heavy atom. The van der Waals surface area contributed by atoms with Crippen molar-refractivity contribution in [3.05, 3.63) is 67.9 Å². The molecule has 1 nitrogen and oxygen atoms in total. The Kier molecular flexibility index (Phi) is 4.14. The van der Waals surface area contributed by atoms with Gasteiger partial charge >= 0.3 is 0 Å². The van der Waals surface area contributed by atoms with Crippen LogP contribution in [0.3, 0.4) is 0 Å². The lowest BCUT2D eigenvalue weighted by molar-refractivity contribution is 0.103. The molecule has 0 heterocycles. The summed E-state index contributed by atoms with van der Waals surface area (Å²) in [6, 6.07) is 7.07. The van der Waals surface area contributed by atoms with E-state index in [1.165, 1.54) is 24.3 Å². The first-order chi connectivity index (χ1) is 8.90. The van der Waals surface area contributed by atoms with Gasteiger partial charge in [-0.2, -0.15) is 0 Å². The molecule has 0 amide bonds. The maximum Gasteiger partial charge on any atom is 0.198 e. The van der Waals surface area contributed by atoms with Gasteiger partial charge in [0.2, 0.25) is 0 Å². The van der Waals surface area contributed by atoms with Crippen LogP contribution in [0.1, 0.15) is 21.5 Å². The van der Waals surface area contributed by atoms with E-state index in [1.54, 1.807) is 13.0 Å². The number of rotatable bonds is 2. The molecule has 2 aromatic rings. The zero-order valence-corrected chi connectivity index (χ0v) is 12.1. The van der Waals surface area contributed by atoms with Gasteiger partial charge in [0.05, 0.1) is 21.2 Å². The van der Waals surface area contributed by atoms with Crippen LogP contribution in [0.15, 0.2) is 30.3 Å². The summed E-state index contributed by atoms with van der Waals surface area (Å²) in [5, 5.41) is 0.517. The summed E-state index contributed by atoms with van der Waals surface area (Å²) < 4.78 is 13.7. The summed E-state index contributed by atoms with van der Waals surface area (Å²) >= 11 is 17.7. The number of benzene rings is 2. The van der Waals surface area contributed by atoms with Gasteiger partial charge in [0, 0.05) is 5.02 Å². The molecule has 0 aliphatic rings. The number of ketones is 1. The Balaban J connectivity index is 2.59. The van der Waals surface area contributed by atoms with Crippen molar-refractivity contribution in [1.29, 1.82) is 0 Å². The average molecular weight is 318 g/mol. The molecule has 0 saturated carbocycles. The van der Waals surface area contributed by atoms with E-state index >= 15 is 0 Å². The van der Waals surface area contributed by atoms with Crippen LogP contribution >= 0.6 is 34.8 Å². The number of carbonyl (C=O) groups is 1. The Bertz CT molecular complexity index is 645. The van der Waals surface area contributed by atoms with Gasteiger partial charge in [-0.1, -0.05) is 46.4 Å². The summed E-state index contributed by atoms with van der Waals surface area (Å²) in [5.41, 5.74) is 0.759. The summed E-state index contributed by atoms with van der Waals surface area (Å²) in [6.07, 6.45) is 0. The zero-order chi connectivity index (χ0) is 14.2. The van der Waals surface area contributed by atoms with Crippen molar-refractivity contribution in [2.75, 3.05) is 0 Å². The molecule has 2 rings (SSSR count). The van der Waals surface area contributed by atoms with Crippen LogP contribution in [0, 0.1) is 12.7 Å². The van der Waals surface area contributed by atoms with Gasteiger partial charge in [0.1, 0.15) is 5.82 Å². The second-order valence-electron chi connectivity index (χ2n) is 4.06. The average Bonchev–Trinajstić information content (AvgIpc) is 2.30. The second kappa shape index (κ2) is 5.49. The van der Waals surface area contributed by atoms with Crippen molar-refractivity contribution in [1.82, 2.24) is 0 Å². The van der Waals surface area contributed by atoms with Crippen LogP contribution in [-0.4, -0.2) is 5.78 Å². The van der Waals surface area contributed by atoms with E-state index in [2.05, 4.69) is 0 Å². The van der Waals surface area contributed by atoms with Crippen molar-refractivity contribution in [3.63, 3.8) is 0 Å². The summed E-state index contributed by atoms with van der Waals surface area (Å²) in [5.74, 6) is -1.18. The molecule has 0 atom stereocenters. The van der Waals surface area contributed by atoms with Crippen molar-refractivity contribution in [3.8, 4) is 0 Å². The second-order valence-corrected chi connectivity index (χ2v) is 5.31. The first-order valence-corrected chi connectivity index (χ1v) is 6.49. The molecule has 0 N–H and O–H groups in total. The SMILES string of the molecule is Cc1ccc(F)c(C(=O)c2c(Cl)cc(Cl)cc2Cl)c1. The standard InChI is InChI=1S/C14H8Cl3FO/c1-7-2-3-12(18)9(4-7)14(19)13-10(16)5-8(15)6-11(13)17/h2-6H,1H3. The largest absolute Gasteiger partial charge is 0.288 e. The Hall–Kier alpha value is -1.09.